The number of rotatable bonds is 0. The summed E-state index contributed by atoms with van der Waals surface area (Å²) >= 11 is 0. The van der Waals surface area contributed by atoms with Gasteiger partial charge in [0.2, 0.25) is 0 Å². The fourth-order valence-electron chi connectivity index (χ4n) is 0.313. The minimum Gasteiger partial charge on any atom is -0.0765 e. The molecule has 1 aromatic rings. The first-order valence-corrected chi connectivity index (χ1v) is 2.88. The zero-order valence-electron chi connectivity index (χ0n) is 3.65. The third-order valence-electron chi connectivity index (χ3n) is 0.566. The molecule has 0 amide bonds. The number of hydrogen-bond acceptors (Lipinski definition) is 0. The van der Waals surface area contributed by atoms with E-state index in [1.807, 2.05) is 18.2 Å². The van der Waals surface area contributed by atoms with Crippen LogP contribution in [0.5, 0.6) is 0 Å². The van der Waals surface area contributed by atoms with Crippen molar-refractivity contribution in [2.45, 2.75) is 0 Å². The van der Waals surface area contributed by atoms with E-state index in [9.17, 15) is 0 Å². The van der Waals surface area contributed by atoms with Crippen LogP contribution in [0.2, 0.25) is 0 Å². The van der Waals surface area contributed by atoms with Crippen LogP contribution in [0.15, 0.2) is 29.8 Å². The van der Waals surface area contributed by atoms with Gasteiger partial charge in [0.25, 0.3) is 0 Å². The molecule has 1 heterocycles. The van der Waals surface area contributed by atoms with Gasteiger partial charge in [-0.05, 0) is 11.6 Å². The maximum absolute atomic E-state index is 2.10. The van der Waals surface area contributed by atoms with E-state index in [0.717, 1.165) is 0 Å². The van der Waals surface area contributed by atoms with Crippen molar-refractivity contribution in [1.82, 2.24) is 0 Å². The van der Waals surface area contributed by atoms with E-state index in [1.54, 1.807) is 0 Å². The molecule has 0 fully saturated rings. The van der Waals surface area contributed by atoms with Crippen LogP contribution in [0.1, 0.15) is 0 Å². The van der Waals surface area contributed by atoms with Gasteiger partial charge < -0.3 is 0 Å². The second-order valence-corrected chi connectivity index (χ2v) is 1.92. The standard InChI is InChI=1S/C5H5P.Ni/c1-2-4-6-5-3-1;/h1-5H;. The van der Waals surface area contributed by atoms with Gasteiger partial charge in [0.1, 0.15) is 0 Å². The quantitative estimate of drug-likeness (QED) is 0.503. The zero-order valence-corrected chi connectivity index (χ0v) is 5.53. The van der Waals surface area contributed by atoms with Crippen LogP contribution in [-0.2, 0) is 16.5 Å². The van der Waals surface area contributed by atoms with E-state index in [4.69, 9.17) is 0 Å². The van der Waals surface area contributed by atoms with Crippen LogP contribution in [0.3, 0.4) is 0 Å². The molecule has 0 bridgehead atoms. The van der Waals surface area contributed by atoms with Crippen molar-refractivity contribution in [1.29, 1.82) is 0 Å². The average molecular weight is 155 g/mol. The van der Waals surface area contributed by atoms with Crippen molar-refractivity contribution in [2.24, 2.45) is 0 Å². The Hall–Kier alpha value is 0.144. The summed E-state index contributed by atoms with van der Waals surface area (Å²) in [5.74, 6) is 4.19. The van der Waals surface area contributed by atoms with E-state index >= 15 is 0 Å². The van der Waals surface area contributed by atoms with Crippen molar-refractivity contribution < 1.29 is 16.5 Å². The maximum Gasteiger partial charge on any atom is 0 e. The van der Waals surface area contributed by atoms with Gasteiger partial charge in [0.15, 0.2) is 0 Å². The summed E-state index contributed by atoms with van der Waals surface area (Å²) in [4.78, 5) is 0. The molecule has 0 N–H and O–H groups in total. The van der Waals surface area contributed by atoms with Crippen molar-refractivity contribution in [3.05, 3.63) is 29.8 Å². The first-order chi connectivity index (χ1) is 3.00. The smallest absolute Gasteiger partial charge is 0 e. The van der Waals surface area contributed by atoms with Gasteiger partial charge in [-0.25, -0.2) is 0 Å². The Kier molecular flexibility index (Phi) is 4.39. The molecule has 0 aromatic carbocycles. The van der Waals surface area contributed by atoms with Crippen molar-refractivity contribution >= 4 is 8.19 Å². The summed E-state index contributed by atoms with van der Waals surface area (Å²) < 4.78 is 0. The molecule has 0 aliphatic carbocycles. The van der Waals surface area contributed by atoms with E-state index in [2.05, 4.69) is 11.6 Å². The van der Waals surface area contributed by atoms with Crippen LogP contribution in [0.25, 0.3) is 0 Å². The predicted molar refractivity (Wildman–Crippen MR) is 29.0 cm³/mol. The second-order valence-electron chi connectivity index (χ2n) is 1.02. The van der Waals surface area contributed by atoms with Crippen LogP contribution >= 0.6 is 8.19 Å². The van der Waals surface area contributed by atoms with Gasteiger partial charge in [-0.1, -0.05) is 26.4 Å². The van der Waals surface area contributed by atoms with E-state index < -0.39 is 0 Å². The Morgan fingerprint density at radius 1 is 0.857 bits per heavy atom. The molecular weight excluding hydrogens is 150 g/mol. The molecular formula is C5H5NiP. The number of hydrogen-bond donors (Lipinski definition) is 0. The van der Waals surface area contributed by atoms with Crippen LogP contribution in [0, 0.1) is 0 Å². The van der Waals surface area contributed by atoms with Gasteiger partial charge in [-0.2, -0.15) is 0 Å². The minimum atomic E-state index is 0. The predicted octanol–water partition coefficient (Wildman–Crippen LogP) is 2.26. The van der Waals surface area contributed by atoms with Crippen LogP contribution in [-0.4, -0.2) is 0 Å². The molecule has 1 aromatic heterocycles. The Bertz CT molecular complexity index is 80.0. The van der Waals surface area contributed by atoms with Crippen molar-refractivity contribution in [3.8, 4) is 0 Å². The van der Waals surface area contributed by atoms with Gasteiger partial charge in [-0.15, -0.1) is 0 Å². The van der Waals surface area contributed by atoms with E-state index in [-0.39, 0.29) is 16.5 Å². The molecule has 0 spiro atoms. The molecule has 1 rings (SSSR count). The summed E-state index contributed by atoms with van der Waals surface area (Å²) in [5, 5.41) is 0. The van der Waals surface area contributed by atoms with E-state index in [0.29, 0.717) is 0 Å². The first kappa shape index (κ1) is 7.14. The largest absolute Gasteiger partial charge is 0.0765 e. The Labute approximate surface area is 55.0 Å². The fraction of sp³-hybridized carbons (Fsp3) is 0. The summed E-state index contributed by atoms with van der Waals surface area (Å²) in [6.07, 6.45) is 0. The molecule has 7 heavy (non-hydrogen) atoms. The van der Waals surface area contributed by atoms with E-state index in [1.165, 1.54) is 8.19 Å². The molecule has 0 nitrogen and oxygen atoms in total. The molecule has 0 radical (unpaired) electrons. The summed E-state index contributed by atoms with van der Waals surface area (Å²) in [7, 11) is 1.31. The normalized spacial score (nSPS) is 6.86. The van der Waals surface area contributed by atoms with Gasteiger partial charge >= 0.3 is 0 Å². The topological polar surface area (TPSA) is 0 Å². The molecule has 0 saturated heterocycles. The molecule has 0 atom stereocenters. The summed E-state index contributed by atoms with van der Waals surface area (Å²) in [6, 6.07) is 6.11. The van der Waals surface area contributed by atoms with Gasteiger partial charge in [0.05, 0.1) is 0 Å². The molecule has 2 heteroatoms. The Balaban J connectivity index is 0.000000360. The zero-order chi connectivity index (χ0) is 4.24. The minimum absolute atomic E-state index is 0. The molecule has 0 saturated carbocycles. The molecule has 0 aliphatic rings. The monoisotopic (exact) mass is 154 g/mol. The summed E-state index contributed by atoms with van der Waals surface area (Å²) in [5.41, 5.74) is 0. The SMILES string of the molecule is [Ni].c1ccpcc1. The maximum atomic E-state index is 2.10. The third kappa shape index (κ3) is 2.79. The summed E-state index contributed by atoms with van der Waals surface area (Å²) in [6.45, 7) is 0. The van der Waals surface area contributed by atoms with Crippen molar-refractivity contribution in [2.75, 3.05) is 0 Å². The third-order valence-corrected chi connectivity index (χ3v) is 1.26. The van der Waals surface area contributed by atoms with Gasteiger partial charge in [0, 0.05) is 16.5 Å². The fourth-order valence-corrected chi connectivity index (χ4v) is 0.810. The van der Waals surface area contributed by atoms with Gasteiger partial charge in [-0.3, -0.25) is 0 Å². The van der Waals surface area contributed by atoms with Crippen LogP contribution in [0.4, 0.5) is 0 Å². The molecule has 0 aliphatic heterocycles. The average Bonchev–Trinajstić information content (AvgIpc) is 1.72. The molecule has 40 valence electrons. The Morgan fingerprint density at radius 2 is 1.43 bits per heavy atom. The Morgan fingerprint density at radius 3 is 1.57 bits per heavy atom. The second kappa shape index (κ2) is 4.31. The van der Waals surface area contributed by atoms with Crippen LogP contribution < -0.4 is 0 Å². The first-order valence-electron chi connectivity index (χ1n) is 1.85. The molecule has 0 unspecified atom stereocenters. The van der Waals surface area contributed by atoms with Crippen molar-refractivity contribution in [3.63, 3.8) is 0 Å².